The molecule has 4 aromatic rings. The van der Waals surface area contributed by atoms with Crippen molar-refractivity contribution in [1.29, 1.82) is 0 Å². The number of aryl methyl sites for hydroxylation is 1. The normalized spacial score (nSPS) is 15.2. The highest BCUT2D eigenvalue weighted by Gasteiger charge is 2.35. The Balaban J connectivity index is 1.48. The van der Waals surface area contributed by atoms with Gasteiger partial charge < -0.3 is 19.6 Å². The van der Waals surface area contributed by atoms with Crippen molar-refractivity contribution < 1.29 is 14.0 Å². The standard InChI is InChI=1S/C28H31N3O3S/c1-19-13-14-25(34-19)27(28(33)30-21-8-3-2-4-9-21)31(18-22-10-7-15-35-22)26(32)16-20-17-29-24-12-6-5-11-23(20)24/h5-7,10-15,17,21,27,29H,2-4,8-9,16,18H2,1H3,(H,30,33). The van der Waals surface area contributed by atoms with E-state index in [1.54, 1.807) is 16.2 Å². The van der Waals surface area contributed by atoms with Crippen LogP contribution in [0.15, 0.2) is 64.5 Å². The predicted molar refractivity (Wildman–Crippen MR) is 138 cm³/mol. The highest BCUT2D eigenvalue weighted by molar-refractivity contribution is 7.09. The Morgan fingerprint density at radius 3 is 2.69 bits per heavy atom. The minimum absolute atomic E-state index is 0.110. The number of aromatic amines is 1. The summed E-state index contributed by atoms with van der Waals surface area (Å²) in [5.41, 5.74) is 1.91. The summed E-state index contributed by atoms with van der Waals surface area (Å²) in [5.74, 6) is 0.936. The van der Waals surface area contributed by atoms with Crippen LogP contribution >= 0.6 is 11.3 Å². The number of hydrogen-bond donors (Lipinski definition) is 2. The first-order valence-corrected chi connectivity index (χ1v) is 13.2. The van der Waals surface area contributed by atoms with Crippen molar-refractivity contribution in [3.05, 3.63) is 82.1 Å². The maximum absolute atomic E-state index is 13.9. The minimum atomic E-state index is -0.828. The van der Waals surface area contributed by atoms with Crippen molar-refractivity contribution in [2.24, 2.45) is 0 Å². The van der Waals surface area contributed by atoms with E-state index in [-0.39, 0.29) is 24.3 Å². The van der Waals surface area contributed by atoms with Gasteiger partial charge in [-0.15, -0.1) is 11.3 Å². The molecule has 0 saturated heterocycles. The number of para-hydroxylation sites is 1. The van der Waals surface area contributed by atoms with Crippen molar-refractivity contribution in [2.75, 3.05) is 0 Å². The van der Waals surface area contributed by atoms with E-state index in [4.69, 9.17) is 4.42 Å². The van der Waals surface area contributed by atoms with E-state index in [0.717, 1.165) is 52.8 Å². The van der Waals surface area contributed by atoms with Crippen LogP contribution in [0.4, 0.5) is 0 Å². The number of carbonyl (C=O) groups is 2. The van der Waals surface area contributed by atoms with Gasteiger partial charge in [-0.1, -0.05) is 43.5 Å². The van der Waals surface area contributed by atoms with Gasteiger partial charge in [-0.05, 0) is 55.0 Å². The Hall–Kier alpha value is -3.32. The van der Waals surface area contributed by atoms with Crippen molar-refractivity contribution >= 4 is 34.1 Å². The number of benzene rings is 1. The number of nitrogens with one attached hydrogen (secondary N) is 2. The fourth-order valence-corrected chi connectivity index (χ4v) is 5.69. The Bertz CT molecular complexity index is 1280. The van der Waals surface area contributed by atoms with E-state index < -0.39 is 6.04 Å². The summed E-state index contributed by atoms with van der Waals surface area (Å²) in [7, 11) is 0. The largest absolute Gasteiger partial charge is 0.464 e. The number of aromatic nitrogens is 1. The van der Waals surface area contributed by atoms with E-state index in [9.17, 15) is 9.59 Å². The molecule has 1 aromatic carbocycles. The molecule has 6 nitrogen and oxygen atoms in total. The van der Waals surface area contributed by atoms with Crippen LogP contribution in [0.2, 0.25) is 0 Å². The highest BCUT2D eigenvalue weighted by Crippen LogP contribution is 2.29. The molecule has 0 aliphatic heterocycles. The molecule has 1 fully saturated rings. The van der Waals surface area contributed by atoms with Crippen LogP contribution in [0, 0.1) is 6.92 Å². The zero-order chi connectivity index (χ0) is 24.2. The second-order valence-corrected chi connectivity index (χ2v) is 10.4. The van der Waals surface area contributed by atoms with Crippen molar-refractivity contribution in [3.8, 4) is 0 Å². The molecule has 0 radical (unpaired) electrons. The van der Waals surface area contributed by atoms with Gasteiger partial charge in [0, 0.05) is 28.0 Å². The van der Waals surface area contributed by atoms with Crippen LogP contribution in [0.25, 0.3) is 10.9 Å². The fourth-order valence-electron chi connectivity index (χ4n) is 4.99. The number of rotatable bonds is 8. The fraction of sp³-hybridized carbons (Fsp3) is 0.357. The number of nitrogens with zero attached hydrogens (tertiary/aromatic N) is 1. The molecule has 5 rings (SSSR count). The first kappa shape index (κ1) is 23.4. The third kappa shape index (κ3) is 5.35. The zero-order valence-corrected chi connectivity index (χ0v) is 20.8. The molecule has 0 bridgehead atoms. The molecule has 3 aromatic heterocycles. The number of fused-ring (bicyclic) bond motifs is 1. The molecule has 1 saturated carbocycles. The summed E-state index contributed by atoms with van der Waals surface area (Å²) in [6, 6.07) is 14.9. The molecule has 3 heterocycles. The van der Waals surface area contributed by atoms with Crippen LogP contribution in [0.3, 0.4) is 0 Å². The number of hydrogen-bond acceptors (Lipinski definition) is 4. The first-order valence-electron chi connectivity index (χ1n) is 12.3. The SMILES string of the molecule is Cc1ccc(C(C(=O)NC2CCCCC2)N(Cc2cccs2)C(=O)Cc2c[nH]c3ccccc23)o1. The van der Waals surface area contributed by atoms with Crippen LogP contribution in [0.5, 0.6) is 0 Å². The van der Waals surface area contributed by atoms with Crippen LogP contribution < -0.4 is 5.32 Å². The van der Waals surface area contributed by atoms with Crippen molar-refractivity contribution in [3.63, 3.8) is 0 Å². The molecule has 1 aliphatic rings. The molecule has 2 N–H and O–H groups in total. The lowest BCUT2D eigenvalue weighted by Crippen LogP contribution is -2.47. The van der Waals surface area contributed by atoms with Gasteiger partial charge in [-0.3, -0.25) is 9.59 Å². The maximum atomic E-state index is 13.9. The van der Waals surface area contributed by atoms with Crippen LogP contribution in [-0.4, -0.2) is 27.7 Å². The average Bonchev–Trinajstić information content (AvgIpc) is 3.62. The number of amides is 2. The van der Waals surface area contributed by atoms with E-state index in [1.807, 2.05) is 67.0 Å². The molecule has 7 heteroatoms. The van der Waals surface area contributed by atoms with E-state index in [1.165, 1.54) is 6.42 Å². The van der Waals surface area contributed by atoms with Gasteiger partial charge in [0.15, 0.2) is 6.04 Å². The van der Waals surface area contributed by atoms with E-state index >= 15 is 0 Å². The Morgan fingerprint density at radius 2 is 1.94 bits per heavy atom. The van der Waals surface area contributed by atoms with Crippen LogP contribution in [0.1, 0.15) is 60.1 Å². The molecule has 0 spiro atoms. The van der Waals surface area contributed by atoms with Gasteiger partial charge in [0.25, 0.3) is 5.91 Å². The van der Waals surface area contributed by atoms with Crippen LogP contribution in [-0.2, 0) is 22.6 Å². The molecule has 1 atom stereocenters. The summed E-state index contributed by atoms with van der Waals surface area (Å²) in [5, 5.41) is 6.25. The third-order valence-corrected chi connectivity index (χ3v) is 7.65. The summed E-state index contributed by atoms with van der Waals surface area (Å²) in [6.45, 7) is 2.21. The molecule has 182 valence electrons. The van der Waals surface area contributed by atoms with Gasteiger partial charge >= 0.3 is 0 Å². The van der Waals surface area contributed by atoms with Gasteiger partial charge in [0.05, 0.1) is 13.0 Å². The molecular formula is C28H31N3O3S. The number of H-pyrrole nitrogens is 1. The minimum Gasteiger partial charge on any atom is -0.464 e. The van der Waals surface area contributed by atoms with E-state index in [2.05, 4.69) is 10.3 Å². The van der Waals surface area contributed by atoms with Gasteiger partial charge in [-0.2, -0.15) is 0 Å². The lowest BCUT2D eigenvalue weighted by Gasteiger charge is -2.32. The average molecular weight is 490 g/mol. The molecule has 2 amide bonds. The predicted octanol–water partition coefficient (Wildman–Crippen LogP) is 5.89. The summed E-state index contributed by atoms with van der Waals surface area (Å²) >= 11 is 1.58. The zero-order valence-electron chi connectivity index (χ0n) is 20.0. The van der Waals surface area contributed by atoms with Crippen molar-refractivity contribution in [1.82, 2.24) is 15.2 Å². The maximum Gasteiger partial charge on any atom is 0.250 e. The Morgan fingerprint density at radius 1 is 1.11 bits per heavy atom. The second kappa shape index (κ2) is 10.5. The number of furan rings is 1. The van der Waals surface area contributed by atoms with Crippen molar-refractivity contribution in [2.45, 2.75) is 64.1 Å². The Kier molecular flexibility index (Phi) is 7.04. The quantitative estimate of drug-likeness (QED) is 0.324. The van der Waals surface area contributed by atoms with Gasteiger partial charge in [0.1, 0.15) is 11.5 Å². The molecule has 1 unspecified atom stereocenters. The summed E-state index contributed by atoms with van der Waals surface area (Å²) in [6.07, 6.45) is 7.48. The molecule has 35 heavy (non-hydrogen) atoms. The number of carbonyl (C=O) groups excluding carboxylic acids is 2. The summed E-state index contributed by atoms with van der Waals surface area (Å²) < 4.78 is 5.95. The topological polar surface area (TPSA) is 78.3 Å². The van der Waals surface area contributed by atoms with Gasteiger partial charge in [0.2, 0.25) is 5.91 Å². The lowest BCUT2D eigenvalue weighted by molar-refractivity contribution is -0.142. The summed E-state index contributed by atoms with van der Waals surface area (Å²) in [4.78, 5) is 33.6. The monoisotopic (exact) mass is 489 g/mol. The first-order chi connectivity index (χ1) is 17.1. The highest BCUT2D eigenvalue weighted by atomic mass is 32.1. The smallest absolute Gasteiger partial charge is 0.250 e. The van der Waals surface area contributed by atoms with Gasteiger partial charge in [-0.25, -0.2) is 0 Å². The molecular weight excluding hydrogens is 458 g/mol. The Labute approximate surface area is 209 Å². The third-order valence-electron chi connectivity index (χ3n) is 6.79. The lowest BCUT2D eigenvalue weighted by atomic mass is 9.95. The molecule has 1 aliphatic carbocycles. The van der Waals surface area contributed by atoms with E-state index in [0.29, 0.717) is 12.3 Å². The number of thiophene rings is 1. The second-order valence-electron chi connectivity index (χ2n) is 9.33.